The SMILES string of the molecule is CC(C)(CCCCOCCCCC(C)(C)CS(N)(=O)=O)CS(C)(=O)=O. The molecule has 0 saturated heterocycles. The van der Waals surface area contributed by atoms with Gasteiger partial charge in [-0.25, -0.2) is 22.0 Å². The molecule has 0 amide bonds. The first kappa shape index (κ1) is 24.8. The summed E-state index contributed by atoms with van der Waals surface area (Å²) in [5, 5.41) is 5.10. The summed E-state index contributed by atoms with van der Waals surface area (Å²) in [4.78, 5) is 0. The van der Waals surface area contributed by atoms with E-state index in [1.54, 1.807) is 0 Å². The normalized spacial score (nSPS) is 14.0. The minimum atomic E-state index is -3.43. The van der Waals surface area contributed by atoms with Crippen LogP contribution in [0.15, 0.2) is 0 Å². The molecule has 0 heterocycles. The van der Waals surface area contributed by atoms with E-state index in [-0.39, 0.29) is 22.3 Å². The molecule has 0 aromatic heterocycles. The van der Waals surface area contributed by atoms with Gasteiger partial charge in [0, 0.05) is 19.5 Å². The number of nitrogens with two attached hydrogens (primary N) is 1. The fourth-order valence-electron chi connectivity index (χ4n) is 3.12. The van der Waals surface area contributed by atoms with Crippen molar-refractivity contribution in [1.82, 2.24) is 0 Å². The van der Waals surface area contributed by atoms with Crippen molar-refractivity contribution in [2.75, 3.05) is 31.0 Å². The third-order valence-corrected chi connectivity index (χ3v) is 6.52. The van der Waals surface area contributed by atoms with Crippen LogP contribution in [-0.4, -0.2) is 47.8 Å². The van der Waals surface area contributed by atoms with E-state index in [1.807, 2.05) is 27.7 Å². The van der Waals surface area contributed by atoms with Crippen LogP contribution in [0.1, 0.15) is 66.2 Å². The fraction of sp³-hybridized carbons (Fsp3) is 1.00. The van der Waals surface area contributed by atoms with Crippen molar-refractivity contribution >= 4 is 19.9 Å². The molecule has 0 bridgehead atoms. The molecule has 0 aliphatic carbocycles. The Balaban J connectivity index is 3.72. The fourth-order valence-corrected chi connectivity index (χ4v) is 5.91. The number of primary sulfonamides is 1. The molecular formula is C17H37NO5S2. The van der Waals surface area contributed by atoms with Crippen LogP contribution in [0, 0.1) is 10.8 Å². The Labute approximate surface area is 154 Å². The largest absolute Gasteiger partial charge is 0.381 e. The Bertz CT molecular complexity index is 528. The van der Waals surface area contributed by atoms with Gasteiger partial charge >= 0.3 is 0 Å². The molecule has 0 fully saturated rings. The van der Waals surface area contributed by atoms with E-state index in [9.17, 15) is 16.8 Å². The molecule has 0 saturated carbocycles. The Morgan fingerprint density at radius 2 is 1.16 bits per heavy atom. The third kappa shape index (κ3) is 17.0. The highest BCUT2D eigenvalue weighted by Crippen LogP contribution is 2.25. The second-order valence-electron chi connectivity index (χ2n) is 8.73. The van der Waals surface area contributed by atoms with Gasteiger partial charge in [-0.15, -0.1) is 0 Å². The van der Waals surface area contributed by atoms with Gasteiger partial charge in [0.05, 0.1) is 11.5 Å². The highest BCUT2D eigenvalue weighted by Gasteiger charge is 2.24. The Kier molecular flexibility index (Phi) is 10.2. The van der Waals surface area contributed by atoms with Gasteiger partial charge < -0.3 is 4.74 Å². The summed E-state index contributed by atoms with van der Waals surface area (Å²) < 4.78 is 50.6. The van der Waals surface area contributed by atoms with Crippen LogP contribution < -0.4 is 5.14 Å². The third-order valence-electron chi connectivity index (χ3n) is 4.03. The summed E-state index contributed by atoms with van der Waals surface area (Å²) in [7, 11) is -6.37. The molecule has 25 heavy (non-hydrogen) atoms. The van der Waals surface area contributed by atoms with Crippen LogP contribution in [0.25, 0.3) is 0 Å². The molecular weight excluding hydrogens is 362 g/mol. The highest BCUT2D eigenvalue weighted by atomic mass is 32.2. The molecule has 0 rings (SSSR count). The van der Waals surface area contributed by atoms with Gasteiger partial charge in [-0.2, -0.15) is 0 Å². The van der Waals surface area contributed by atoms with Crippen LogP contribution in [0.5, 0.6) is 0 Å². The highest BCUT2D eigenvalue weighted by molar-refractivity contribution is 7.90. The lowest BCUT2D eigenvalue weighted by Gasteiger charge is -2.23. The number of sulfonamides is 1. The molecule has 0 spiro atoms. The Morgan fingerprint density at radius 1 is 0.760 bits per heavy atom. The van der Waals surface area contributed by atoms with Crippen molar-refractivity contribution in [3.63, 3.8) is 0 Å². The molecule has 0 aliphatic heterocycles. The van der Waals surface area contributed by atoms with E-state index in [2.05, 4.69) is 0 Å². The molecule has 2 N–H and O–H groups in total. The molecule has 0 radical (unpaired) electrons. The second kappa shape index (κ2) is 10.2. The maximum atomic E-state index is 11.4. The number of sulfone groups is 1. The summed E-state index contributed by atoms with van der Waals surface area (Å²) in [5.74, 6) is 0.222. The zero-order valence-electron chi connectivity index (χ0n) is 16.5. The lowest BCUT2D eigenvalue weighted by molar-refractivity contribution is 0.121. The Morgan fingerprint density at radius 3 is 1.52 bits per heavy atom. The zero-order chi connectivity index (χ0) is 19.8. The first-order valence-electron chi connectivity index (χ1n) is 8.88. The van der Waals surface area contributed by atoms with Gasteiger partial charge in [-0.05, 0) is 36.5 Å². The summed E-state index contributed by atoms with van der Waals surface area (Å²) in [6.07, 6.45) is 6.62. The monoisotopic (exact) mass is 399 g/mol. The average molecular weight is 400 g/mol. The van der Waals surface area contributed by atoms with Crippen molar-refractivity contribution in [3.05, 3.63) is 0 Å². The molecule has 152 valence electrons. The number of hydrogen-bond donors (Lipinski definition) is 1. The van der Waals surface area contributed by atoms with E-state index >= 15 is 0 Å². The second-order valence-corrected chi connectivity index (χ2v) is 12.5. The summed E-state index contributed by atoms with van der Waals surface area (Å²) in [6, 6.07) is 0. The van der Waals surface area contributed by atoms with Crippen LogP contribution in [0.2, 0.25) is 0 Å². The van der Waals surface area contributed by atoms with Crippen molar-refractivity contribution in [1.29, 1.82) is 0 Å². The topological polar surface area (TPSA) is 104 Å². The predicted octanol–water partition coefficient (Wildman–Crippen LogP) is 2.73. The summed E-state index contributed by atoms with van der Waals surface area (Å²) in [5.41, 5.74) is -0.499. The van der Waals surface area contributed by atoms with Gasteiger partial charge in [0.2, 0.25) is 10.0 Å². The minimum absolute atomic E-state index is 0.00409. The standard InChI is InChI=1S/C17H37NO5S2/c1-16(2,14-24(5,19)20)10-6-8-12-23-13-9-7-11-17(3,4)15-25(18,21)22/h6-15H2,1-5H3,(H2,18,21,22). The predicted molar refractivity (Wildman–Crippen MR) is 104 cm³/mol. The Hall–Kier alpha value is -0.180. The van der Waals surface area contributed by atoms with E-state index in [0.29, 0.717) is 13.2 Å². The zero-order valence-corrected chi connectivity index (χ0v) is 18.1. The molecule has 0 atom stereocenters. The van der Waals surface area contributed by atoms with Gasteiger partial charge in [0.15, 0.2) is 0 Å². The van der Waals surface area contributed by atoms with Crippen molar-refractivity contribution in [3.8, 4) is 0 Å². The average Bonchev–Trinajstić information content (AvgIpc) is 2.30. The van der Waals surface area contributed by atoms with Gasteiger partial charge in [-0.3, -0.25) is 0 Å². The van der Waals surface area contributed by atoms with Crippen molar-refractivity contribution in [2.24, 2.45) is 16.0 Å². The lowest BCUT2D eigenvalue weighted by Crippen LogP contribution is -2.29. The molecule has 0 aromatic rings. The van der Waals surface area contributed by atoms with Crippen LogP contribution in [-0.2, 0) is 24.6 Å². The van der Waals surface area contributed by atoms with E-state index in [4.69, 9.17) is 9.88 Å². The quantitative estimate of drug-likeness (QED) is 0.452. The van der Waals surface area contributed by atoms with Crippen molar-refractivity contribution < 1.29 is 21.6 Å². The van der Waals surface area contributed by atoms with Crippen molar-refractivity contribution in [2.45, 2.75) is 66.2 Å². The molecule has 0 aromatic carbocycles. The molecule has 0 aliphatic rings. The summed E-state index contributed by atoms with van der Waals surface area (Å²) in [6.45, 7) is 9.14. The molecule has 0 unspecified atom stereocenters. The van der Waals surface area contributed by atoms with Gasteiger partial charge in [0.25, 0.3) is 0 Å². The minimum Gasteiger partial charge on any atom is -0.381 e. The van der Waals surface area contributed by atoms with Crippen LogP contribution >= 0.6 is 0 Å². The van der Waals surface area contributed by atoms with Gasteiger partial charge in [0.1, 0.15) is 9.84 Å². The van der Waals surface area contributed by atoms with E-state index in [1.165, 1.54) is 6.26 Å². The molecule has 6 nitrogen and oxygen atoms in total. The summed E-state index contributed by atoms with van der Waals surface area (Å²) >= 11 is 0. The van der Waals surface area contributed by atoms with Crippen LogP contribution in [0.4, 0.5) is 0 Å². The smallest absolute Gasteiger partial charge is 0.209 e. The lowest BCUT2D eigenvalue weighted by atomic mass is 9.89. The first-order valence-corrected chi connectivity index (χ1v) is 12.7. The maximum absolute atomic E-state index is 11.4. The number of rotatable bonds is 14. The van der Waals surface area contributed by atoms with E-state index < -0.39 is 19.9 Å². The number of hydrogen-bond acceptors (Lipinski definition) is 5. The number of unbranched alkanes of at least 4 members (excludes halogenated alkanes) is 2. The van der Waals surface area contributed by atoms with Crippen LogP contribution in [0.3, 0.4) is 0 Å². The van der Waals surface area contributed by atoms with Gasteiger partial charge in [-0.1, -0.05) is 40.5 Å². The molecule has 8 heteroatoms. The first-order chi connectivity index (χ1) is 11.1. The maximum Gasteiger partial charge on any atom is 0.209 e. The number of ether oxygens (including phenoxy) is 1. The van der Waals surface area contributed by atoms with E-state index in [0.717, 1.165) is 38.5 Å².